The molecule has 0 bridgehead atoms. The zero-order valence-corrected chi connectivity index (χ0v) is 15.9. The Morgan fingerprint density at radius 2 is 1.82 bits per heavy atom. The molecule has 148 valence electrons. The number of aliphatic hydroxyl groups excluding tert-OH is 1. The minimum absolute atomic E-state index is 0.0919. The van der Waals surface area contributed by atoms with Gasteiger partial charge in [-0.15, -0.1) is 0 Å². The summed E-state index contributed by atoms with van der Waals surface area (Å²) >= 11 is 0. The molecule has 3 N–H and O–H groups in total. The molecule has 2 saturated heterocycles. The molecular weight excluding hydrogens is 358 g/mol. The number of aliphatic hydroxyl groups is 1. The molecule has 3 aliphatic heterocycles. The summed E-state index contributed by atoms with van der Waals surface area (Å²) in [5.41, 5.74) is 0.0326. The van der Waals surface area contributed by atoms with Crippen molar-refractivity contribution >= 4 is 23.4 Å². The van der Waals surface area contributed by atoms with Crippen LogP contribution in [0.4, 0.5) is 5.69 Å². The normalized spacial score (nSPS) is 36.0. The number of para-hydroxylation sites is 1. The first-order valence-electron chi connectivity index (χ1n) is 10.2. The molecular formula is C21H25N3O4. The zero-order valence-electron chi connectivity index (χ0n) is 15.9. The lowest BCUT2D eigenvalue weighted by molar-refractivity contribution is -0.146. The van der Waals surface area contributed by atoms with E-state index in [2.05, 4.69) is 10.6 Å². The van der Waals surface area contributed by atoms with Crippen molar-refractivity contribution < 1.29 is 19.5 Å². The van der Waals surface area contributed by atoms with Gasteiger partial charge in [0.2, 0.25) is 17.7 Å². The lowest BCUT2D eigenvalue weighted by Gasteiger charge is -2.34. The van der Waals surface area contributed by atoms with E-state index >= 15 is 0 Å². The van der Waals surface area contributed by atoms with Crippen molar-refractivity contribution in [2.24, 2.45) is 11.8 Å². The SMILES string of the molecule is CC(O)C1NC2(C(=O)Nc3ccccc32)C2C(=O)N(C3CCCCC3)C(=O)C12. The van der Waals surface area contributed by atoms with Crippen molar-refractivity contribution in [3.63, 3.8) is 0 Å². The van der Waals surface area contributed by atoms with Crippen LogP contribution in [0.5, 0.6) is 0 Å². The molecule has 7 nitrogen and oxygen atoms in total. The third-order valence-corrected chi connectivity index (χ3v) is 7.05. The largest absolute Gasteiger partial charge is 0.392 e. The highest BCUT2D eigenvalue weighted by atomic mass is 16.3. The fourth-order valence-corrected chi connectivity index (χ4v) is 5.82. The van der Waals surface area contributed by atoms with E-state index in [-0.39, 0.29) is 23.8 Å². The van der Waals surface area contributed by atoms with E-state index in [1.165, 1.54) is 4.90 Å². The molecule has 5 rings (SSSR count). The van der Waals surface area contributed by atoms with Crippen LogP contribution in [0.2, 0.25) is 0 Å². The summed E-state index contributed by atoms with van der Waals surface area (Å²) in [6.45, 7) is 1.60. The van der Waals surface area contributed by atoms with Crippen molar-refractivity contribution in [2.75, 3.05) is 5.32 Å². The highest BCUT2D eigenvalue weighted by Gasteiger charge is 2.71. The van der Waals surface area contributed by atoms with Gasteiger partial charge in [-0.25, -0.2) is 0 Å². The number of nitrogens with zero attached hydrogens (tertiary/aromatic N) is 1. The van der Waals surface area contributed by atoms with Gasteiger partial charge < -0.3 is 10.4 Å². The number of likely N-dealkylation sites (tertiary alicyclic amines) is 1. The number of carbonyl (C=O) groups is 3. The van der Waals surface area contributed by atoms with E-state index in [9.17, 15) is 19.5 Å². The molecule has 7 heteroatoms. The lowest BCUT2D eigenvalue weighted by Crippen LogP contribution is -2.56. The number of hydrogen-bond donors (Lipinski definition) is 3. The van der Waals surface area contributed by atoms with Crippen molar-refractivity contribution in [1.29, 1.82) is 0 Å². The Hall–Kier alpha value is -2.25. The molecule has 5 unspecified atom stereocenters. The second-order valence-corrected chi connectivity index (χ2v) is 8.56. The molecule has 1 aromatic rings. The molecule has 3 fully saturated rings. The van der Waals surface area contributed by atoms with Crippen molar-refractivity contribution in [1.82, 2.24) is 10.2 Å². The number of amides is 3. The molecule has 5 atom stereocenters. The number of benzene rings is 1. The van der Waals surface area contributed by atoms with Gasteiger partial charge in [0.1, 0.15) is 5.54 Å². The molecule has 1 spiro atoms. The fourth-order valence-electron chi connectivity index (χ4n) is 5.82. The first-order valence-corrected chi connectivity index (χ1v) is 10.2. The van der Waals surface area contributed by atoms with Crippen molar-refractivity contribution in [2.45, 2.75) is 62.8 Å². The molecule has 1 saturated carbocycles. The van der Waals surface area contributed by atoms with Crippen LogP contribution < -0.4 is 10.6 Å². The summed E-state index contributed by atoms with van der Waals surface area (Å²) in [7, 11) is 0. The van der Waals surface area contributed by atoms with Gasteiger partial charge in [0.05, 0.1) is 17.9 Å². The molecule has 3 heterocycles. The molecule has 1 aliphatic carbocycles. The van der Waals surface area contributed by atoms with Gasteiger partial charge >= 0.3 is 0 Å². The molecule has 28 heavy (non-hydrogen) atoms. The van der Waals surface area contributed by atoms with E-state index in [0.29, 0.717) is 11.3 Å². The number of rotatable bonds is 2. The molecule has 4 aliphatic rings. The van der Waals surface area contributed by atoms with Gasteiger partial charge in [-0.05, 0) is 25.8 Å². The van der Waals surface area contributed by atoms with Crippen molar-refractivity contribution in [3.05, 3.63) is 29.8 Å². The Morgan fingerprint density at radius 3 is 2.54 bits per heavy atom. The average Bonchev–Trinajstić information content (AvgIpc) is 3.28. The third kappa shape index (κ3) is 2.14. The number of imide groups is 1. The molecule has 0 radical (unpaired) electrons. The van der Waals surface area contributed by atoms with Gasteiger partial charge in [-0.2, -0.15) is 0 Å². The van der Waals surface area contributed by atoms with Gasteiger partial charge in [-0.3, -0.25) is 24.6 Å². The summed E-state index contributed by atoms with van der Waals surface area (Å²) in [5.74, 6) is -2.39. The predicted molar refractivity (Wildman–Crippen MR) is 101 cm³/mol. The van der Waals surface area contributed by atoms with Crippen LogP contribution in [-0.4, -0.2) is 45.9 Å². The Labute approximate surface area is 163 Å². The highest BCUT2D eigenvalue weighted by Crippen LogP contribution is 2.54. The highest BCUT2D eigenvalue weighted by molar-refractivity contribution is 6.15. The Balaban J connectivity index is 1.63. The molecule has 3 amide bonds. The van der Waals surface area contributed by atoms with Crippen LogP contribution in [-0.2, 0) is 19.9 Å². The summed E-state index contributed by atoms with van der Waals surface area (Å²) in [6, 6.07) is 6.54. The van der Waals surface area contributed by atoms with E-state index in [4.69, 9.17) is 0 Å². The predicted octanol–water partition coefficient (Wildman–Crippen LogP) is 1.12. The topological polar surface area (TPSA) is 98.7 Å². The van der Waals surface area contributed by atoms with Crippen LogP contribution in [0, 0.1) is 11.8 Å². The van der Waals surface area contributed by atoms with Crippen LogP contribution in [0.15, 0.2) is 24.3 Å². The van der Waals surface area contributed by atoms with Gasteiger partial charge in [0.25, 0.3) is 0 Å². The fraction of sp³-hybridized carbons (Fsp3) is 0.571. The summed E-state index contributed by atoms with van der Waals surface area (Å²) < 4.78 is 0. The molecule has 0 aromatic heterocycles. The van der Waals surface area contributed by atoms with E-state index in [1.807, 2.05) is 18.2 Å². The third-order valence-electron chi connectivity index (χ3n) is 7.05. The number of carbonyl (C=O) groups excluding carboxylic acids is 3. The second kappa shape index (κ2) is 6.12. The summed E-state index contributed by atoms with van der Waals surface area (Å²) in [4.78, 5) is 41.6. The lowest BCUT2D eigenvalue weighted by atomic mass is 9.76. The quantitative estimate of drug-likeness (QED) is 0.665. The van der Waals surface area contributed by atoms with Crippen LogP contribution in [0.3, 0.4) is 0 Å². The van der Waals surface area contributed by atoms with E-state index in [0.717, 1.165) is 32.1 Å². The number of fused-ring (bicyclic) bond motifs is 4. The molecule has 1 aromatic carbocycles. The standard InChI is InChI=1S/C21H25N3O4/c1-11(25)17-15-16(19(27)24(18(15)26)12-7-3-2-4-8-12)21(23-17)13-9-5-6-10-14(13)22-20(21)28/h5-6,9-12,15-17,23,25H,2-4,7-8H2,1H3,(H,22,28). The zero-order chi connectivity index (χ0) is 19.6. The van der Waals surface area contributed by atoms with Crippen molar-refractivity contribution in [3.8, 4) is 0 Å². The minimum atomic E-state index is -1.31. The van der Waals surface area contributed by atoms with Gasteiger partial charge in [0.15, 0.2) is 0 Å². The van der Waals surface area contributed by atoms with Crippen LogP contribution in [0.1, 0.15) is 44.6 Å². The average molecular weight is 383 g/mol. The monoisotopic (exact) mass is 383 g/mol. The first-order chi connectivity index (χ1) is 13.5. The Morgan fingerprint density at radius 1 is 1.11 bits per heavy atom. The smallest absolute Gasteiger partial charge is 0.250 e. The second-order valence-electron chi connectivity index (χ2n) is 8.56. The van der Waals surface area contributed by atoms with E-state index in [1.54, 1.807) is 13.0 Å². The number of anilines is 1. The maximum Gasteiger partial charge on any atom is 0.250 e. The summed E-state index contributed by atoms with van der Waals surface area (Å²) in [6.07, 6.45) is 3.90. The first kappa shape index (κ1) is 17.8. The van der Waals surface area contributed by atoms with Gasteiger partial charge in [0, 0.05) is 23.3 Å². The number of nitrogens with one attached hydrogen (secondary N) is 2. The van der Waals surface area contributed by atoms with Gasteiger partial charge in [-0.1, -0.05) is 37.5 Å². The Bertz CT molecular complexity index is 863. The maximum absolute atomic E-state index is 13.6. The Kier molecular flexibility index (Phi) is 3.90. The minimum Gasteiger partial charge on any atom is -0.392 e. The van der Waals surface area contributed by atoms with Crippen LogP contribution in [0.25, 0.3) is 0 Å². The summed E-state index contributed by atoms with van der Waals surface area (Å²) in [5, 5.41) is 16.5. The maximum atomic E-state index is 13.6. The van der Waals surface area contributed by atoms with Crippen LogP contribution >= 0.6 is 0 Å². The number of hydrogen-bond acceptors (Lipinski definition) is 5. The van der Waals surface area contributed by atoms with E-state index < -0.39 is 29.5 Å².